The van der Waals surface area contributed by atoms with Gasteiger partial charge in [-0.2, -0.15) is 5.26 Å². The van der Waals surface area contributed by atoms with E-state index in [1.165, 1.54) is 0 Å². The number of ether oxygens (including phenoxy) is 1. The van der Waals surface area contributed by atoms with Crippen molar-refractivity contribution in [2.75, 3.05) is 11.9 Å². The summed E-state index contributed by atoms with van der Waals surface area (Å²) >= 11 is 5.90. The van der Waals surface area contributed by atoms with Crippen LogP contribution in [-0.2, 0) is 4.79 Å². The Kier molecular flexibility index (Phi) is 5.26. The van der Waals surface area contributed by atoms with Gasteiger partial charge >= 0.3 is 0 Å². The van der Waals surface area contributed by atoms with Crippen LogP contribution in [0.15, 0.2) is 59.0 Å². The summed E-state index contributed by atoms with van der Waals surface area (Å²) in [6.45, 7) is 1.63. The lowest BCUT2D eigenvalue weighted by atomic mass is 10.1. The smallest absolute Gasteiger partial charge is 0.264 e. The number of aryl methyl sites for hydroxylation is 1. The molecule has 2 aromatic carbocycles. The number of carbonyl (C=O) groups excluding carboxylic acids is 1. The molecule has 0 atom stereocenters. The molecule has 3 aromatic rings. The number of nitrogens with zero attached hydrogens (tertiary/aromatic N) is 1. The summed E-state index contributed by atoms with van der Waals surface area (Å²) < 4.78 is 11.1. The standard InChI is InChI=1S/C20H15ClN2O3/c1-13-9-16(21)7-8-17(13)25-12-19(24)23-20-15(11-22)10-18(26-20)14-5-3-2-4-6-14/h2-10H,12H2,1H3,(H,23,24). The van der Waals surface area contributed by atoms with Gasteiger partial charge in [0.25, 0.3) is 5.91 Å². The molecule has 1 N–H and O–H groups in total. The summed E-state index contributed by atoms with van der Waals surface area (Å²) in [6, 6.07) is 18.1. The molecule has 0 fully saturated rings. The summed E-state index contributed by atoms with van der Waals surface area (Å²) in [5, 5.41) is 12.4. The molecule has 0 saturated carbocycles. The lowest BCUT2D eigenvalue weighted by Gasteiger charge is -2.09. The van der Waals surface area contributed by atoms with E-state index in [0.717, 1.165) is 11.1 Å². The van der Waals surface area contributed by atoms with Crippen molar-refractivity contribution in [2.45, 2.75) is 6.92 Å². The highest BCUT2D eigenvalue weighted by atomic mass is 35.5. The molecule has 0 radical (unpaired) electrons. The van der Waals surface area contributed by atoms with Crippen molar-refractivity contribution in [1.82, 2.24) is 0 Å². The predicted octanol–water partition coefficient (Wildman–Crippen LogP) is 4.80. The van der Waals surface area contributed by atoms with E-state index >= 15 is 0 Å². The van der Waals surface area contributed by atoms with Gasteiger partial charge in [-0.25, -0.2) is 0 Å². The first-order chi connectivity index (χ1) is 12.6. The molecule has 1 aromatic heterocycles. The number of furan rings is 1. The van der Waals surface area contributed by atoms with E-state index in [1.807, 2.05) is 43.3 Å². The lowest BCUT2D eigenvalue weighted by molar-refractivity contribution is -0.118. The van der Waals surface area contributed by atoms with Gasteiger partial charge in [-0.05, 0) is 30.7 Å². The molecule has 1 heterocycles. The van der Waals surface area contributed by atoms with Gasteiger partial charge in [0.1, 0.15) is 23.1 Å². The maximum atomic E-state index is 12.1. The van der Waals surface area contributed by atoms with E-state index in [-0.39, 0.29) is 18.1 Å². The summed E-state index contributed by atoms with van der Waals surface area (Å²) in [6.07, 6.45) is 0. The zero-order chi connectivity index (χ0) is 18.5. The van der Waals surface area contributed by atoms with Crippen molar-refractivity contribution in [3.05, 3.63) is 70.7 Å². The number of rotatable bonds is 5. The third-order valence-corrected chi connectivity index (χ3v) is 3.89. The van der Waals surface area contributed by atoms with Crippen LogP contribution in [0.4, 0.5) is 5.88 Å². The molecule has 1 amide bonds. The van der Waals surface area contributed by atoms with Gasteiger partial charge in [-0.3, -0.25) is 10.1 Å². The Balaban J connectivity index is 1.69. The van der Waals surface area contributed by atoms with Crippen molar-refractivity contribution in [3.63, 3.8) is 0 Å². The molecule has 0 bridgehead atoms. The van der Waals surface area contributed by atoms with Crippen molar-refractivity contribution in [2.24, 2.45) is 0 Å². The molecule has 6 heteroatoms. The largest absolute Gasteiger partial charge is 0.483 e. The number of anilines is 1. The summed E-state index contributed by atoms with van der Waals surface area (Å²) in [7, 11) is 0. The average molecular weight is 367 g/mol. The number of nitriles is 1. The van der Waals surface area contributed by atoms with E-state index in [4.69, 9.17) is 20.8 Å². The van der Waals surface area contributed by atoms with Crippen LogP contribution in [-0.4, -0.2) is 12.5 Å². The van der Waals surface area contributed by atoms with Gasteiger partial charge in [0, 0.05) is 16.7 Å². The Labute approximate surface area is 155 Å². The molecule has 130 valence electrons. The Morgan fingerprint density at radius 2 is 2.00 bits per heavy atom. The highest BCUT2D eigenvalue weighted by molar-refractivity contribution is 6.30. The monoisotopic (exact) mass is 366 g/mol. The molecule has 0 spiro atoms. The highest BCUT2D eigenvalue weighted by Gasteiger charge is 2.15. The SMILES string of the molecule is Cc1cc(Cl)ccc1OCC(=O)Nc1oc(-c2ccccc2)cc1C#N. The third-order valence-electron chi connectivity index (χ3n) is 3.66. The van der Waals surface area contributed by atoms with Gasteiger partial charge in [0.2, 0.25) is 5.88 Å². The maximum absolute atomic E-state index is 12.1. The van der Waals surface area contributed by atoms with Crippen molar-refractivity contribution in [3.8, 4) is 23.1 Å². The van der Waals surface area contributed by atoms with Crippen LogP contribution in [0.3, 0.4) is 0 Å². The highest BCUT2D eigenvalue weighted by Crippen LogP contribution is 2.28. The van der Waals surface area contributed by atoms with Gasteiger partial charge in [-0.15, -0.1) is 0 Å². The number of hydrogen-bond acceptors (Lipinski definition) is 4. The van der Waals surface area contributed by atoms with Crippen molar-refractivity contribution < 1.29 is 13.9 Å². The second kappa shape index (κ2) is 7.77. The number of amides is 1. The second-order valence-electron chi connectivity index (χ2n) is 5.58. The normalized spacial score (nSPS) is 10.2. The molecule has 5 nitrogen and oxygen atoms in total. The minimum Gasteiger partial charge on any atom is -0.483 e. The molecular formula is C20H15ClN2O3. The van der Waals surface area contributed by atoms with Gasteiger partial charge in [0.05, 0.1) is 0 Å². The summed E-state index contributed by atoms with van der Waals surface area (Å²) in [5.74, 6) is 0.749. The van der Waals surface area contributed by atoms with Crippen LogP contribution in [0.5, 0.6) is 5.75 Å². The fourth-order valence-corrected chi connectivity index (χ4v) is 2.62. The van der Waals surface area contributed by atoms with E-state index < -0.39 is 5.91 Å². The second-order valence-corrected chi connectivity index (χ2v) is 6.01. The average Bonchev–Trinajstić information content (AvgIpc) is 3.04. The predicted molar refractivity (Wildman–Crippen MR) is 99.2 cm³/mol. The van der Waals surface area contributed by atoms with Crippen molar-refractivity contribution >= 4 is 23.4 Å². The maximum Gasteiger partial charge on any atom is 0.264 e. The van der Waals surface area contributed by atoms with Crippen LogP contribution in [0.1, 0.15) is 11.1 Å². The van der Waals surface area contributed by atoms with E-state index in [9.17, 15) is 10.1 Å². The van der Waals surface area contributed by atoms with Crippen LogP contribution >= 0.6 is 11.6 Å². The molecule has 0 aliphatic heterocycles. The minimum absolute atomic E-state index is 0.104. The van der Waals surface area contributed by atoms with E-state index in [1.54, 1.807) is 24.3 Å². The van der Waals surface area contributed by atoms with E-state index in [0.29, 0.717) is 16.5 Å². The fourth-order valence-electron chi connectivity index (χ4n) is 2.39. The van der Waals surface area contributed by atoms with Crippen LogP contribution in [0.25, 0.3) is 11.3 Å². The molecule has 0 unspecified atom stereocenters. The Bertz CT molecular complexity index is 974. The topological polar surface area (TPSA) is 75.3 Å². The first kappa shape index (κ1) is 17.6. The van der Waals surface area contributed by atoms with Gasteiger partial charge in [0.15, 0.2) is 6.61 Å². The molecule has 0 saturated heterocycles. The Morgan fingerprint density at radius 1 is 1.23 bits per heavy atom. The Morgan fingerprint density at radius 3 is 2.69 bits per heavy atom. The van der Waals surface area contributed by atoms with Gasteiger partial charge in [-0.1, -0.05) is 41.9 Å². The van der Waals surface area contributed by atoms with Crippen LogP contribution in [0, 0.1) is 18.3 Å². The van der Waals surface area contributed by atoms with E-state index in [2.05, 4.69) is 5.32 Å². The minimum atomic E-state index is -0.426. The van der Waals surface area contributed by atoms with Crippen molar-refractivity contribution in [1.29, 1.82) is 5.26 Å². The van der Waals surface area contributed by atoms with Gasteiger partial charge < -0.3 is 9.15 Å². The Hall–Kier alpha value is -3.23. The number of carbonyl (C=O) groups is 1. The number of halogens is 1. The molecule has 26 heavy (non-hydrogen) atoms. The fraction of sp³-hybridized carbons (Fsp3) is 0.100. The molecule has 3 rings (SSSR count). The zero-order valence-corrected chi connectivity index (χ0v) is 14.7. The van der Waals surface area contributed by atoms with Crippen LogP contribution < -0.4 is 10.1 Å². The molecular weight excluding hydrogens is 352 g/mol. The zero-order valence-electron chi connectivity index (χ0n) is 14.0. The first-order valence-corrected chi connectivity index (χ1v) is 8.23. The number of benzene rings is 2. The lowest BCUT2D eigenvalue weighted by Crippen LogP contribution is -2.20. The number of nitrogens with one attached hydrogen (secondary N) is 1. The van der Waals surface area contributed by atoms with Crippen LogP contribution in [0.2, 0.25) is 5.02 Å². The first-order valence-electron chi connectivity index (χ1n) is 7.85. The number of hydrogen-bond donors (Lipinski definition) is 1. The quantitative estimate of drug-likeness (QED) is 0.703. The molecule has 0 aliphatic rings. The summed E-state index contributed by atoms with van der Waals surface area (Å²) in [5.41, 5.74) is 1.89. The third kappa shape index (κ3) is 4.05. The molecule has 0 aliphatic carbocycles. The summed E-state index contributed by atoms with van der Waals surface area (Å²) in [4.78, 5) is 12.1.